The number of anilines is 1. The Bertz CT molecular complexity index is 1200. The normalized spacial score (nSPS) is 14.7. The van der Waals surface area contributed by atoms with Gasteiger partial charge >= 0.3 is 5.97 Å². The topological polar surface area (TPSA) is 89.7 Å². The smallest absolute Gasteiger partial charge is 0.340 e. The fourth-order valence-corrected chi connectivity index (χ4v) is 4.28. The summed E-state index contributed by atoms with van der Waals surface area (Å²) in [4.78, 5) is 29.1. The number of para-hydroxylation sites is 1. The Kier molecular flexibility index (Phi) is 5.37. The molecule has 0 radical (unpaired) electrons. The molecule has 160 valence electrons. The Morgan fingerprint density at radius 1 is 1.06 bits per heavy atom. The summed E-state index contributed by atoms with van der Waals surface area (Å²) in [5.74, 6) is -0.444. The molecule has 0 fully saturated rings. The zero-order chi connectivity index (χ0) is 22.3. The highest BCUT2D eigenvalue weighted by molar-refractivity contribution is 6.34. The third-order valence-corrected chi connectivity index (χ3v) is 5.76. The molecular weight excluding hydrogens is 420 g/mol. The molecule has 8 heteroatoms. The molecule has 7 nitrogen and oxygen atoms in total. The van der Waals surface area contributed by atoms with Crippen molar-refractivity contribution in [1.29, 1.82) is 0 Å². The Labute approximate surface area is 184 Å². The summed E-state index contributed by atoms with van der Waals surface area (Å²) in [6.45, 7) is 1.77. The van der Waals surface area contributed by atoms with E-state index < -0.39 is 11.9 Å². The van der Waals surface area contributed by atoms with Crippen molar-refractivity contribution < 1.29 is 23.8 Å². The van der Waals surface area contributed by atoms with Crippen LogP contribution in [0.15, 0.2) is 36.4 Å². The van der Waals surface area contributed by atoms with Crippen LogP contribution in [0, 0.1) is 6.92 Å². The maximum Gasteiger partial charge on any atom is 0.340 e. The van der Waals surface area contributed by atoms with Gasteiger partial charge in [0.15, 0.2) is 11.5 Å². The first kappa shape index (κ1) is 20.8. The largest absolute Gasteiger partial charge is 0.493 e. The molecule has 4 rings (SSSR count). The van der Waals surface area contributed by atoms with Crippen molar-refractivity contribution in [3.8, 4) is 22.8 Å². The number of methoxy groups -OCH3 is 3. The lowest BCUT2D eigenvalue weighted by atomic mass is 9.87. The zero-order valence-corrected chi connectivity index (χ0v) is 18.2. The molecular formula is C23H21ClN2O5. The number of aromatic nitrogens is 1. The van der Waals surface area contributed by atoms with E-state index in [1.54, 1.807) is 45.4 Å². The maximum absolute atomic E-state index is 13.1. The number of halogens is 1. The highest BCUT2D eigenvalue weighted by Gasteiger charge is 2.39. The lowest BCUT2D eigenvalue weighted by Crippen LogP contribution is -2.17. The van der Waals surface area contributed by atoms with Gasteiger partial charge in [-0.2, -0.15) is 0 Å². The van der Waals surface area contributed by atoms with Gasteiger partial charge in [-0.15, -0.1) is 0 Å². The minimum atomic E-state index is -0.740. The first-order chi connectivity index (χ1) is 14.9. The number of hydrogen-bond acceptors (Lipinski definition) is 5. The van der Waals surface area contributed by atoms with Gasteiger partial charge < -0.3 is 24.5 Å². The molecule has 1 unspecified atom stereocenters. The second-order valence-electron chi connectivity index (χ2n) is 7.10. The SMILES string of the molecule is COC(=O)c1c(C)[nH]c(-c2ccc(OC)c(OC)c2)c1C1C(=O)Nc2c(Cl)cccc21. The predicted molar refractivity (Wildman–Crippen MR) is 117 cm³/mol. The summed E-state index contributed by atoms with van der Waals surface area (Å²) in [7, 11) is 4.42. The number of rotatable bonds is 5. The van der Waals surface area contributed by atoms with Gasteiger partial charge in [0.05, 0.1) is 49.2 Å². The standard InChI is InChI=1S/C23H21ClN2O5/c1-11-17(23(28)31-4)19(18-13-6-5-7-14(24)21(13)26-22(18)27)20(25-11)12-8-9-15(29-2)16(10-12)30-3/h5-10,18,25H,1-4H3,(H,26,27). The van der Waals surface area contributed by atoms with E-state index in [4.69, 9.17) is 25.8 Å². The summed E-state index contributed by atoms with van der Waals surface area (Å²) in [6, 6.07) is 10.7. The highest BCUT2D eigenvalue weighted by Crippen LogP contribution is 2.46. The molecule has 1 amide bonds. The van der Waals surface area contributed by atoms with E-state index in [0.717, 1.165) is 5.56 Å². The molecule has 0 aliphatic carbocycles. The van der Waals surface area contributed by atoms with Crippen LogP contribution in [0.4, 0.5) is 5.69 Å². The van der Waals surface area contributed by atoms with Crippen LogP contribution in [0.25, 0.3) is 11.3 Å². The van der Waals surface area contributed by atoms with Gasteiger partial charge in [-0.25, -0.2) is 4.79 Å². The van der Waals surface area contributed by atoms with Crippen molar-refractivity contribution in [1.82, 2.24) is 4.98 Å². The average Bonchev–Trinajstić information content (AvgIpc) is 3.29. The van der Waals surface area contributed by atoms with E-state index in [-0.39, 0.29) is 5.91 Å². The van der Waals surface area contributed by atoms with Gasteiger partial charge in [-0.1, -0.05) is 23.7 Å². The van der Waals surface area contributed by atoms with Crippen LogP contribution >= 0.6 is 11.6 Å². The number of nitrogens with one attached hydrogen (secondary N) is 2. The average molecular weight is 441 g/mol. The van der Waals surface area contributed by atoms with Crippen LogP contribution in [0.2, 0.25) is 5.02 Å². The molecule has 1 aliphatic heterocycles. The minimum Gasteiger partial charge on any atom is -0.493 e. The molecule has 0 saturated heterocycles. The molecule has 2 heterocycles. The second-order valence-corrected chi connectivity index (χ2v) is 7.51. The summed E-state index contributed by atoms with van der Waals surface area (Å²) >= 11 is 6.31. The van der Waals surface area contributed by atoms with Gasteiger partial charge in [0.2, 0.25) is 5.91 Å². The van der Waals surface area contributed by atoms with E-state index in [1.165, 1.54) is 7.11 Å². The minimum absolute atomic E-state index is 0.269. The second kappa shape index (κ2) is 8.00. The fourth-order valence-electron chi connectivity index (χ4n) is 4.05. The quantitative estimate of drug-likeness (QED) is 0.569. The Hall–Kier alpha value is -3.45. The van der Waals surface area contributed by atoms with E-state index in [1.807, 2.05) is 12.1 Å². The van der Waals surface area contributed by atoms with Crippen LogP contribution in [-0.2, 0) is 9.53 Å². The number of H-pyrrole nitrogens is 1. The third-order valence-electron chi connectivity index (χ3n) is 5.44. The Morgan fingerprint density at radius 2 is 1.81 bits per heavy atom. The molecule has 31 heavy (non-hydrogen) atoms. The first-order valence-corrected chi connectivity index (χ1v) is 9.91. The number of fused-ring (bicyclic) bond motifs is 1. The van der Waals surface area contributed by atoms with Crippen LogP contribution < -0.4 is 14.8 Å². The van der Waals surface area contributed by atoms with Crippen LogP contribution in [0.5, 0.6) is 11.5 Å². The monoisotopic (exact) mass is 440 g/mol. The number of carbonyl (C=O) groups is 2. The van der Waals surface area contributed by atoms with E-state index >= 15 is 0 Å². The number of aromatic amines is 1. The van der Waals surface area contributed by atoms with Crippen molar-refractivity contribution in [2.24, 2.45) is 0 Å². The van der Waals surface area contributed by atoms with Gasteiger partial charge in [0.1, 0.15) is 0 Å². The molecule has 3 aromatic rings. The number of aryl methyl sites for hydroxylation is 1. The number of benzene rings is 2. The van der Waals surface area contributed by atoms with Crippen LogP contribution in [0.1, 0.15) is 33.1 Å². The van der Waals surface area contributed by atoms with Crippen molar-refractivity contribution in [3.05, 3.63) is 63.8 Å². The van der Waals surface area contributed by atoms with E-state index in [9.17, 15) is 9.59 Å². The van der Waals surface area contributed by atoms with E-state index in [0.29, 0.717) is 50.3 Å². The van der Waals surface area contributed by atoms with Crippen molar-refractivity contribution in [3.63, 3.8) is 0 Å². The van der Waals surface area contributed by atoms with Crippen LogP contribution in [0.3, 0.4) is 0 Å². The lowest BCUT2D eigenvalue weighted by molar-refractivity contribution is -0.116. The maximum atomic E-state index is 13.1. The van der Waals surface area contributed by atoms with Gasteiger partial charge in [-0.05, 0) is 36.8 Å². The number of ether oxygens (including phenoxy) is 3. The number of amides is 1. The first-order valence-electron chi connectivity index (χ1n) is 9.53. The number of carbonyl (C=O) groups excluding carboxylic acids is 2. The summed E-state index contributed by atoms with van der Waals surface area (Å²) in [5.41, 5.74) is 4.03. The molecule has 1 aromatic heterocycles. The molecule has 1 aliphatic rings. The Balaban J connectivity index is 2.00. The van der Waals surface area contributed by atoms with Gasteiger partial charge in [0.25, 0.3) is 0 Å². The van der Waals surface area contributed by atoms with Crippen molar-refractivity contribution >= 4 is 29.2 Å². The predicted octanol–water partition coefficient (Wildman–Crippen LogP) is 4.53. The molecule has 1 atom stereocenters. The fraction of sp³-hybridized carbons (Fsp3) is 0.217. The summed E-state index contributed by atoms with van der Waals surface area (Å²) < 4.78 is 15.8. The number of esters is 1. The Morgan fingerprint density at radius 3 is 2.48 bits per heavy atom. The van der Waals surface area contributed by atoms with Gasteiger partial charge in [0, 0.05) is 16.8 Å². The van der Waals surface area contributed by atoms with Crippen molar-refractivity contribution in [2.75, 3.05) is 26.6 Å². The highest BCUT2D eigenvalue weighted by atomic mass is 35.5. The van der Waals surface area contributed by atoms with Gasteiger partial charge in [-0.3, -0.25) is 4.79 Å². The number of hydrogen-bond donors (Lipinski definition) is 2. The lowest BCUT2D eigenvalue weighted by Gasteiger charge is -2.15. The summed E-state index contributed by atoms with van der Waals surface area (Å²) in [6.07, 6.45) is 0. The summed E-state index contributed by atoms with van der Waals surface area (Å²) in [5, 5.41) is 3.28. The molecule has 2 aromatic carbocycles. The zero-order valence-electron chi connectivity index (χ0n) is 17.5. The molecule has 0 bridgehead atoms. The van der Waals surface area contributed by atoms with E-state index in [2.05, 4.69) is 10.3 Å². The molecule has 0 saturated carbocycles. The van der Waals surface area contributed by atoms with Crippen molar-refractivity contribution in [2.45, 2.75) is 12.8 Å². The molecule has 0 spiro atoms. The van der Waals surface area contributed by atoms with Crippen LogP contribution in [-0.4, -0.2) is 38.2 Å². The molecule has 2 N–H and O–H groups in total. The third kappa shape index (κ3) is 3.31.